The van der Waals surface area contributed by atoms with Crippen LogP contribution in [0.2, 0.25) is 0 Å². The summed E-state index contributed by atoms with van der Waals surface area (Å²) < 4.78 is 15.4. The van der Waals surface area contributed by atoms with Gasteiger partial charge < -0.3 is 4.57 Å². The number of nitrogens with zero attached hydrogens (tertiary/aromatic N) is 2. The smallest absolute Gasteiger partial charge is 0.123 e. The Hall–Kier alpha value is -2.60. The second kappa shape index (κ2) is 4.99. The van der Waals surface area contributed by atoms with Gasteiger partial charge in [0.2, 0.25) is 0 Å². The molecule has 3 heteroatoms. The van der Waals surface area contributed by atoms with Crippen molar-refractivity contribution >= 4 is 10.9 Å². The number of halogens is 1. The monoisotopic (exact) mass is 290 g/mol. The highest BCUT2D eigenvalue weighted by Gasteiger charge is 2.29. The molecule has 0 saturated heterocycles. The van der Waals surface area contributed by atoms with Crippen LogP contribution >= 0.6 is 0 Å². The van der Waals surface area contributed by atoms with E-state index in [0.29, 0.717) is 5.92 Å². The maximum Gasteiger partial charge on any atom is 0.123 e. The second-order valence-electron chi connectivity index (χ2n) is 5.83. The van der Waals surface area contributed by atoms with Gasteiger partial charge >= 0.3 is 0 Å². The summed E-state index contributed by atoms with van der Waals surface area (Å²) >= 11 is 0. The average molecular weight is 290 g/mol. The molecule has 108 valence electrons. The van der Waals surface area contributed by atoms with Crippen LogP contribution in [0.5, 0.6) is 0 Å². The van der Waals surface area contributed by atoms with E-state index >= 15 is 0 Å². The van der Waals surface area contributed by atoms with Crippen molar-refractivity contribution in [3.05, 3.63) is 65.6 Å². The van der Waals surface area contributed by atoms with Gasteiger partial charge in [0.15, 0.2) is 0 Å². The summed E-state index contributed by atoms with van der Waals surface area (Å²) in [6, 6.07) is 16.9. The molecule has 2 nitrogen and oxygen atoms in total. The molecule has 1 saturated carbocycles. The topological polar surface area (TPSA) is 28.7 Å². The maximum absolute atomic E-state index is 13.3. The predicted molar refractivity (Wildman–Crippen MR) is 84.5 cm³/mol. The van der Waals surface area contributed by atoms with Gasteiger partial charge in [-0.05, 0) is 43.2 Å². The van der Waals surface area contributed by atoms with Gasteiger partial charge in [-0.2, -0.15) is 5.26 Å². The first-order valence-corrected chi connectivity index (χ1v) is 7.59. The fraction of sp³-hybridized carbons (Fsp3) is 0.211. The van der Waals surface area contributed by atoms with Crippen LogP contribution in [0.4, 0.5) is 4.39 Å². The highest BCUT2D eigenvalue weighted by Crippen LogP contribution is 2.42. The van der Waals surface area contributed by atoms with Gasteiger partial charge in [-0.1, -0.05) is 24.6 Å². The zero-order valence-corrected chi connectivity index (χ0v) is 12.1. The summed E-state index contributed by atoms with van der Waals surface area (Å²) in [5.74, 6) is 0.179. The normalized spacial score (nSPS) is 14.7. The number of para-hydroxylation sites is 1. The van der Waals surface area contributed by atoms with Crippen molar-refractivity contribution in [2.24, 2.45) is 0 Å². The zero-order valence-electron chi connectivity index (χ0n) is 12.1. The molecule has 0 radical (unpaired) electrons. The molecule has 0 spiro atoms. The molecule has 22 heavy (non-hydrogen) atoms. The van der Waals surface area contributed by atoms with Crippen LogP contribution in [0.25, 0.3) is 16.6 Å². The Labute approximate surface area is 128 Å². The molecule has 4 rings (SSSR count). The van der Waals surface area contributed by atoms with Crippen molar-refractivity contribution in [2.75, 3.05) is 0 Å². The summed E-state index contributed by atoms with van der Waals surface area (Å²) in [5, 5.41) is 10.6. The highest BCUT2D eigenvalue weighted by molar-refractivity contribution is 5.90. The Bertz CT molecular complexity index is 880. The minimum absolute atomic E-state index is 0.245. The Balaban J connectivity index is 2.07. The van der Waals surface area contributed by atoms with Gasteiger partial charge in [-0.3, -0.25) is 0 Å². The summed E-state index contributed by atoms with van der Waals surface area (Å²) in [6.45, 7) is 0. The molecule has 1 aliphatic carbocycles. The standard InChI is InChI=1S/C19H15FN2/c20-14-8-10-15(11-9-14)22-18-7-2-1-6-16(18)17(12-21)19(22)13-4-3-5-13/h1-2,6-11,13H,3-5H2. The fourth-order valence-electron chi connectivity index (χ4n) is 3.31. The zero-order chi connectivity index (χ0) is 15.1. The molecule has 0 unspecified atom stereocenters. The van der Waals surface area contributed by atoms with Crippen molar-refractivity contribution in [3.63, 3.8) is 0 Å². The van der Waals surface area contributed by atoms with E-state index < -0.39 is 0 Å². The first kappa shape index (κ1) is 13.1. The van der Waals surface area contributed by atoms with E-state index in [9.17, 15) is 9.65 Å². The number of fused-ring (bicyclic) bond motifs is 1. The minimum Gasteiger partial charge on any atom is -0.312 e. The van der Waals surface area contributed by atoms with Gasteiger partial charge in [-0.15, -0.1) is 0 Å². The van der Waals surface area contributed by atoms with Gasteiger partial charge in [0.1, 0.15) is 11.9 Å². The third-order valence-electron chi connectivity index (χ3n) is 4.60. The first-order chi connectivity index (χ1) is 10.8. The van der Waals surface area contributed by atoms with E-state index in [4.69, 9.17) is 0 Å². The van der Waals surface area contributed by atoms with E-state index in [1.807, 2.05) is 24.3 Å². The Morgan fingerprint density at radius 1 is 1.05 bits per heavy atom. The van der Waals surface area contributed by atoms with E-state index in [2.05, 4.69) is 10.6 Å². The number of hydrogen-bond acceptors (Lipinski definition) is 1. The number of benzene rings is 2. The third kappa shape index (κ3) is 1.84. The molecule has 1 heterocycles. The summed E-state index contributed by atoms with van der Waals surface area (Å²) in [5.41, 5.74) is 3.79. The number of nitriles is 1. The van der Waals surface area contributed by atoms with E-state index in [-0.39, 0.29) is 5.82 Å². The van der Waals surface area contributed by atoms with Crippen LogP contribution in [0.3, 0.4) is 0 Å². The number of rotatable bonds is 2. The minimum atomic E-state index is -0.245. The highest BCUT2D eigenvalue weighted by atomic mass is 19.1. The predicted octanol–water partition coefficient (Wildman–Crippen LogP) is 4.91. The maximum atomic E-state index is 13.3. The van der Waals surface area contributed by atoms with Crippen molar-refractivity contribution < 1.29 is 4.39 Å². The molecule has 1 aromatic heterocycles. The van der Waals surface area contributed by atoms with Gasteiger partial charge in [0.25, 0.3) is 0 Å². The van der Waals surface area contributed by atoms with Crippen LogP contribution < -0.4 is 0 Å². The van der Waals surface area contributed by atoms with Crippen LogP contribution in [-0.2, 0) is 0 Å². The molecule has 2 aromatic carbocycles. The molecule has 1 aliphatic rings. The lowest BCUT2D eigenvalue weighted by Gasteiger charge is -2.27. The lowest BCUT2D eigenvalue weighted by atomic mass is 9.81. The van der Waals surface area contributed by atoms with Gasteiger partial charge in [-0.25, -0.2) is 4.39 Å². The summed E-state index contributed by atoms with van der Waals surface area (Å²) in [7, 11) is 0. The average Bonchev–Trinajstić information content (AvgIpc) is 2.80. The molecule has 0 aliphatic heterocycles. The van der Waals surface area contributed by atoms with E-state index in [1.165, 1.54) is 18.6 Å². The third-order valence-corrected chi connectivity index (χ3v) is 4.60. The largest absolute Gasteiger partial charge is 0.312 e. The van der Waals surface area contributed by atoms with Crippen molar-refractivity contribution in [3.8, 4) is 11.8 Å². The van der Waals surface area contributed by atoms with Crippen LogP contribution in [0, 0.1) is 17.1 Å². The lowest BCUT2D eigenvalue weighted by Crippen LogP contribution is -2.14. The molecule has 0 N–H and O–H groups in total. The summed E-state index contributed by atoms with van der Waals surface area (Å²) in [6.07, 6.45) is 3.44. The van der Waals surface area contributed by atoms with Crippen molar-refractivity contribution in [1.82, 2.24) is 4.57 Å². The van der Waals surface area contributed by atoms with Crippen molar-refractivity contribution in [1.29, 1.82) is 5.26 Å². The molecule has 0 bridgehead atoms. The Morgan fingerprint density at radius 3 is 2.41 bits per heavy atom. The van der Waals surface area contributed by atoms with E-state index in [0.717, 1.165) is 40.7 Å². The van der Waals surface area contributed by atoms with Crippen LogP contribution in [0.15, 0.2) is 48.5 Å². The van der Waals surface area contributed by atoms with Crippen LogP contribution in [0.1, 0.15) is 36.4 Å². The first-order valence-electron chi connectivity index (χ1n) is 7.59. The Morgan fingerprint density at radius 2 is 1.77 bits per heavy atom. The van der Waals surface area contributed by atoms with Gasteiger partial charge in [0, 0.05) is 22.7 Å². The molecular weight excluding hydrogens is 275 g/mol. The van der Waals surface area contributed by atoms with Gasteiger partial charge in [0.05, 0.1) is 11.1 Å². The Kier molecular flexibility index (Phi) is 2.97. The lowest BCUT2D eigenvalue weighted by molar-refractivity contribution is 0.407. The number of aromatic nitrogens is 1. The molecule has 1 fully saturated rings. The molecule has 0 atom stereocenters. The SMILES string of the molecule is N#Cc1c(C2CCC2)n(-c2ccc(F)cc2)c2ccccc12. The summed E-state index contributed by atoms with van der Waals surface area (Å²) in [4.78, 5) is 0. The van der Waals surface area contributed by atoms with E-state index in [1.54, 1.807) is 12.1 Å². The quantitative estimate of drug-likeness (QED) is 0.659. The molecule has 3 aromatic rings. The molecular formula is C19H15FN2. The van der Waals surface area contributed by atoms with Crippen LogP contribution in [-0.4, -0.2) is 4.57 Å². The van der Waals surface area contributed by atoms with Crippen molar-refractivity contribution in [2.45, 2.75) is 25.2 Å². The number of hydrogen-bond donors (Lipinski definition) is 0. The molecule has 0 amide bonds. The second-order valence-corrected chi connectivity index (χ2v) is 5.83. The fourth-order valence-corrected chi connectivity index (χ4v) is 3.31.